The minimum absolute atomic E-state index is 0.576. The molecular formula is C27H34N4O3. The van der Waals surface area contributed by atoms with E-state index in [1.165, 1.54) is 16.8 Å². The highest BCUT2D eigenvalue weighted by Gasteiger charge is 2.18. The topological polar surface area (TPSA) is 63.0 Å². The van der Waals surface area contributed by atoms with Gasteiger partial charge in [0.2, 0.25) is 0 Å². The fourth-order valence-electron chi connectivity index (χ4n) is 4.75. The summed E-state index contributed by atoms with van der Waals surface area (Å²) in [4.78, 5) is 5.09. The summed E-state index contributed by atoms with van der Waals surface area (Å²) in [6.07, 6.45) is 1.12. The van der Waals surface area contributed by atoms with Crippen molar-refractivity contribution in [1.82, 2.24) is 15.4 Å². The number of hydrogen-bond donors (Lipinski definition) is 1. The summed E-state index contributed by atoms with van der Waals surface area (Å²) in [6, 6.07) is 14.6. The molecule has 7 heteroatoms. The molecule has 1 aromatic heterocycles. The van der Waals surface area contributed by atoms with Crippen LogP contribution in [0.2, 0.25) is 0 Å². The van der Waals surface area contributed by atoms with Gasteiger partial charge >= 0.3 is 0 Å². The molecule has 1 fully saturated rings. The second-order valence-corrected chi connectivity index (χ2v) is 9.19. The molecule has 2 aliphatic heterocycles. The van der Waals surface area contributed by atoms with E-state index in [0.29, 0.717) is 19.8 Å². The Morgan fingerprint density at radius 2 is 1.74 bits per heavy atom. The molecule has 180 valence electrons. The van der Waals surface area contributed by atoms with Crippen LogP contribution in [-0.4, -0.2) is 62.5 Å². The lowest BCUT2D eigenvalue weighted by Gasteiger charge is -2.37. The molecule has 0 saturated carbocycles. The Morgan fingerprint density at radius 1 is 0.912 bits per heavy atom. The molecule has 2 aromatic carbocycles. The van der Waals surface area contributed by atoms with Crippen LogP contribution in [0, 0.1) is 13.8 Å². The third kappa shape index (κ3) is 5.37. The van der Waals surface area contributed by atoms with Crippen molar-refractivity contribution >= 4 is 5.69 Å². The number of fused-ring (bicyclic) bond motifs is 1. The van der Waals surface area contributed by atoms with Crippen LogP contribution in [0.15, 0.2) is 47.0 Å². The molecule has 1 N–H and O–H groups in total. The predicted molar refractivity (Wildman–Crippen MR) is 134 cm³/mol. The van der Waals surface area contributed by atoms with Crippen LogP contribution in [0.5, 0.6) is 11.5 Å². The van der Waals surface area contributed by atoms with Gasteiger partial charge in [0, 0.05) is 43.5 Å². The third-order valence-corrected chi connectivity index (χ3v) is 6.59. The number of rotatable bonds is 8. The summed E-state index contributed by atoms with van der Waals surface area (Å²) in [7, 11) is 0. The molecular weight excluding hydrogens is 428 g/mol. The van der Waals surface area contributed by atoms with Crippen molar-refractivity contribution < 1.29 is 14.0 Å². The molecule has 0 spiro atoms. The fourth-order valence-corrected chi connectivity index (χ4v) is 4.75. The first-order valence-electron chi connectivity index (χ1n) is 12.3. The lowest BCUT2D eigenvalue weighted by atomic mass is 10.1. The summed E-state index contributed by atoms with van der Waals surface area (Å²) in [5.74, 6) is 2.39. The largest absolute Gasteiger partial charge is 0.486 e. The zero-order valence-electron chi connectivity index (χ0n) is 20.2. The van der Waals surface area contributed by atoms with E-state index in [1.807, 2.05) is 24.3 Å². The normalized spacial score (nSPS) is 16.1. The maximum absolute atomic E-state index is 5.67. The average molecular weight is 463 g/mol. The number of nitrogens with one attached hydrogen (secondary N) is 1. The Kier molecular flexibility index (Phi) is 7.02. The van der Waals surface area contributed by atoms with Crippen molar-refractivity contribution in [2.24, 2.45) is 0 Å². The number of ether oxygens (including phenoxy) is 2. The van der Waals surface area contributed by atoms with Crippen LogP contribution in [0.3, 0.4) is 0 Å². The molecule has 34 heavy (non-hydrogen) atoms. The molecule has 2 aliphatic rings. The summed E-state index contributed by atoms with van der Waals surface area (Å²) in [6.45, 7) is 12.7. The van der Waals surface area contributed by atoms with Crippen molar-refractivity contribution in [2.45, 2.75) is 26.8 Å². The van der Waals surface area contributed by atoms with E-state index in [9.17, 15) is 0 Å². The van der Waals surface area contributed by atoms with E-state index in [-0.39, 0.29) is 0 Å². The van der Waals surface area contributed by atoms with Crippen molar-refractivity contribution in [2.75, 3.05) is 57.4 Å². The minimum atomic E-state index is 0.576. The molecule has 0 amide bonds. The highest BCUT2D eigenvalue weighted by atomic mass is 16.6. The van der Waals surface area contributed by atoms with Gasteiger partial charge in [-0.25, -0.2) is 0 Å². The molecule has 0 radical (unpaired) electrons. The van der Waals surface area contributed by atoms with Gasteiger partial charge in [0.1, 0.15) is 18.9 Å². The number of anilines is 1. The first-order chi connectivity index (χ1) is 16.7. The molecule has 0 atom stereocenters. The molecule has 5 rings (SSSR count). The molecule has 0 aliphatic carbocycles. The van der Waals surface area contributed by atoms with Crippen LogP contribution < -0.4 is 19.7 Å². The van der Waals surface area contributed by atoms with Gasteiger partial charge in [-0.2, -0.15) is 0 Å². The molecule has 0 bridgehead atoms. The first kappa shape index (κ1) is 22.7. The molecule has 7 nitrogen and oxygen atoms in total. The van der Waals surface area contributed by atoms with Gasteiger partial charge in [-0.15, -0.1) is 0 Å². The molecule has 1 saturated heterocycles. The standard InChI is InChI=1S/C27H34N4O3/c1-20-4-6-25(21(2)16-20)31-12-10-30(11-13-31)9-3-8-28-19-23-18-24(29-34-23)22-5-7-26-27(17-22)33-15-14-32-26/h4-7,16-18,28H,3,8-15,19H2,1-2H3. The third-order valence-electron chi connectivity index (χ3n) is 6.59. The van der Waals surface area contributed by atoms with Crippen molar-refractivity contribution in [3.63, 3.8) is 0 Å². The molecule has 3 aromatic rings. The average Bonchev–Trinajstić information content (AvgIpc) is 3.33. The van der Waals surface area contributed by atoms with Gasteiger partial charge in [0.25, 0.3) is 0 Å². The van der Waals surface area contributed by atoms with Crippen molar-refractivity contribution in [3.8, 4) is 22.8 Å². The quantitative estimate of drug-likeness (QED) is 0.507. The molecule has 3 heterocycles. The Hall–Kier alpha value is -3.03. The summed E-state index contributed by atoms with van der Waals surface area (Å²) in [5.41, 5.74) is 5.88. The Balaban J connectivity index is 1.02. The number of piperazine rings is 1. The van der Waals surface area contributed by atoms with Gasteiger partial charge < -0.3 is 24.2 Å². The highest BCUT2D eigenvalue weighted by molar-refractivity contribution is 5.64. The van der Waals surface area contributed by atoms with E-state index in [1.54, 1.807) is 0 Å². The number of aryl methyl sites for hydroxylation is 2. The van der Waals surface area contributed by atoms with E-state index >= 15 is 0 Å². The van der Waals surface area contributed by atoms with Gasteiger partial charge in [-0.3, -0.25) is 4.90 Å². The van der Waals surface area contributed by atoms with Crippen LogP contribution >= 0.6 is 0 Å². The number of hydrogen-bond acceptors (Lipinski definition) is 7. The molecule has 0 unspecified atom stereocenters. The monoisotopic (exact) mass is 462 g/mol. The van der Waals surface area contributed by atoms with Gasteiger partial charge in [-0.05, 0) is 63.2 Å². The zero-order valence-corrected chi connectivity index (χ0v) is 20.2. The van der Waals surface area contributed by atoms with Gasteiger partial charge in [0.05, 0.1) is 6.54 Å². The van der Waals surface area contributed by atoms with Crippen molar-refractivity contribution in [1.29, 1.82) is 0 Å². The summed E-state index contributed by atoms with van der Waals surface area (Å²) < 4.78 is 16.8. The van der Waals surface area contributed by atoms with Gasteiger partial charge in [-0.1, -0.05) is 22.9 Å². The van der Waals surface area contributed by atoms with Gasteiger partial charge in [0.15, 0.2) is 17.3 Å². The summed E-state index contributed by atoms with van der Waals surface area (Å²) in [5, 5.41) is 7.71. The Morgan fingerprint density at radius 3 is 2.56 bits per heavy atom. The SMILES string of the molecule is Cc1ccc(N2CCN(CCCNCc3cc(-c4ccc5c(c4)OCCO5)no3)CC2)c(C)c1. The first-order valence-corrected chi connectivity index (χ1v) is 12.3. The lowest BCUT2D eigenvalue weighted by Crippen LogP contribution is -2.47. The number of aromatic nitrogens is 1. The number of nitrogens with zero attached hydrogens (tertiary/aromatic N) is 3. The number of benzene rings is 2. The van der Waals surface area contributed by atoms with E-state index in [4.69, 9.17) is 14.0 Å². The highest BCUT2D eigenvalue weighted by Crippen LogP contribution is 2.34. The fraction of sp³-hybridized carbons (Fsp3) is 0.444. The predicted octanol–water partition coefficient (Wildman–Crippen LogP) is 4.03. The lowest BCUT2D eigenvalue weighted by molar-refractivity contribution is 0.171. The second-order valence-electron chi connectivity index (χ2n) is 9.19. The summed E-state index contributed by atoms with van der Waals surface area (Å²) >= 11 is 0. The van der Waals surface area contributed by atoms with Crippen LogP contribution in [0.25, 0.3) is 11.3 Å². The van der Waals surface area contributed by atoms with E-state index < -0.39 is 0 Å². The van der Waals surface area contributed by atoms with Crippen LogP contribution in [0.1, 0.15) is 23.3 Å². The van der Waals surface area contributed by atoms with E-state index in [2.05, 4.69) is 52.3 Å². The maximum Gasteiger partial charge on any atom is 0.162 e. The Bertz CT molecular complexity index is 1110. The zero-order chi connectivity index (χ0) is 23.3. The Labute approximate surface area is 201 Å². The van der Waals surface area contributed by atoms with Crippen LogP contribution in [0.4, 0.5) is 5.69 Å². The van der Waals surface area contributed by atoms with Crippen LogP contribution in [-0.2, 0) is 6.54 Å². The van der Waals surface area contributed by atoms with Crippen molar-refractivity contribution in [3.05, 3.63) is 59.4 Å². The second kappa shape index (κ2) is 10.5. The van der Waals surface area contributed by atoms with E-state index in [0.717, 1.165) is 74.2 Å². The smallest absolute Gasteiger partial charge is 0.162 e. The minimum Gasteiger partial charge on any atom is -0.486 e. The maximum atomic E-state index is 5.67.